The minimum absolute atomic E-state index is 0.0603. The summed E-state index contributed by atoms with van der Waals surface area (Å²) < 4.78 is 21.3. The molecule has 3 rings (SSSR count). The summed E-state index contributed by atoms with van der Waals surface area (Å²) in [4.78, 5) is 12.5. The highest BCUT2D eigenvalue weighted by molar-refractivity contribution is 5.58. The van der Waals surface area contributed by atoms with Gasteiger partial charge in [0.2, 0.25) is 5.88 Å². The molecule has 1 aromatic heterocycles. The van der Waals surface area contributed by atoms with E-state index in [0.717, 1.165) is 0 Å². The van der Waals surface area contributed by atoms with Gasteiger partial charge in [-0.25, -0.2) is 4.79 Å². The standard InChI is InChI=1S/C18H16N2O5/c1-9-6-14-16(18(21)24-9)15(12(8-19)17(20)25-14)11-7-10(22-2)4-5-13(11)23-3/h4-7,15H,20H2,1-3H3. The van der Waals surface area contributed by atoms with Gasteiger partial charge in [-0.3, -0.25) is 0 Å². The van der Waals surface area contributed by atoms with Gasteiger partial charge in [0.1, 0.15) is 34.7 Å². The van der Waals surface area contributed by atoms with Crippen LogP contribution < -0.4 is 25.6 Å². The number of aryl methyl sites for hydroxylation is 1. The summed E-state index contributed by atoms with van der Waals surface area (Å²) >= 11 is 0. The smallest absolute Gasteiger partial charge is 0.343 e. The van der Waals surface area contributed by atoms with E-state index in [1.165, 1.54) is 14.2 Å². The van der Waals surface area contributed by atoms with Crippen molar-refractivity contribution in [2.24, 2.45) is 5.73 Å². The summed E-state index contributed by atoms with van der Waals surface area (Å²) in [5.41, 5.74) is 6.19. The average Bonchev–Trinajstić information content (AvgIpc) is 2.59. The molecule has 0 bridgehead atoms. The Bertz CT molecular complexity index is 968. The van der Waals surface area contributed by atoms with Gasteiger partial charge < -0.3 is 24.4 Å². The van der Waals surface area contributed by atoms with E-state index < -0.39 is 11.5 Å². The van der Waals surface area contributed by atoms with E-state index in [2.05, 4.69) is 0 Å². The molecule has 7 nitrogen and oxygen atoms in total. The average molecular weight is 340 g/mol. The van der Waals surface area contributed by atoms with E-state index in [-0.39, 0.29) is 22.8 Å². The van der Waals surface area contributed by atoms with Gasteiger partial charge in [0.25, 0.3) is 0 Å². The van der Waals surface area contributed by atoms with Crippen molar-refractivity contribution in [3.05, 3.63) is 63.0 Å². The molecule has 2 aromatic rings. The quantitative estimate of drug-likeness (QED) is 0.912. The van der Waals surface area contributed by atoms with E-state index in [0.29, 0.717) is 22.8 Å². The van der Waals surface area contributed by atoms with Crippen LogP contribution in [0.4, 0.5) is 0 Å². The van der Waals surface area contributed by atoms with Crippen molar-refractivity contribution < 1.29 is 18.6 Å². The van der Waals surface area contributed by atoms with Crippen LogP contribution in [0.3, 0.4) is 0 Å². The fraction of sp³-hybridized carbons (Fsp3) is 0.222. The van der Waals surface area contributed by atoms with Crippen molar-refractivity contribution in [1.29, 1.82) is 5.26 Å². The van der Waals surface area contributed by atoms with Crippen LogP contribution in [-0.4, -0.2) is 14.2 Å². The fourth-order valence-electron chi connectivity index (χ4n) is 2.89. The molecule has 0 saturated heterocycles. The number of hydrogen-bond donors (Lipinski definition) is 1. The zero-order valence-electron chi connectivity index (χ0n) is 14.0. The van der Waals surface area contributed by atoms with Gasteiger partial charge >= 0.3 is 5.63 Å². The SMILES string of the molecule is COc1ccc(OC)c(C2C(C#N)=C(N)Oc3cc(C)oc(=O)c32)c1. The topological polar surface area (TPSA) is 108 Å². The van der Waals surface area contributed by atoms with E-state index in [1.54, 1.807) is 31.2 Å². The largest absolute Gasteiger partial charge is 0.497 e. The molecule has 0 fully saturated rings. The van der Waals surface area contributed by atoms with Crippen molar-refractivity contribution in [3.63, 3.8) is 0 Å². The highest BCUT2D eigenvalue weighted by atomic mass is 16.5. The second kappa shape index (κ2) is 6.24. The molecule has 1 aromatic carbocycles. The Labute approximate surface area is 143 Å². The third kappa shape index (κ3) is 2.68. The van der Waals surface area contributed by atoms with Gasteiger partial charge in [-0.1, -0.05) is 0 Å². The lowest BCUT2D eigenvalue weighted by Gasteiger charge is -2.26. The molecule has 0 radical (unpaired) electrons. The van der Waals surface area contributed by atoms with Crippen molar-refractivity contribution in [3.8, 4) is 23.3 Å². The van der Waals surface area contributed by atoms with Crippen LogP contribution in [-0.2, 0) is 0 Å². The second-order valence-electron chi connectivity index (χ2n) is 5.46. The van der Waals surface area contributed by atoms with Crippen LogP contribution in [0.1, 0.15) is 22.8 Å². The van der Waals surface area contributed by atoms with Crippen LogP contribution >= 0.6 is 0 Å². The maximum absolute atomic E-state index is 12.5. The Morgan fingerprint density at radius 3 is 2.64 bits per heavy atom. The molecule has 2 heterocycles. The number of nitriles is 1. The summed E-state index contributed by atoms with van der Waals surface area (Å²) in [6.07, 6.45) is 0. The van der Waals surface area contributed by atoms with Gasteiger partial charge in [0.15, 0.2) is 0 Å². The third-order valence-electron chi connectivity index (χ3n) is 4.00. The van der Waals surface area contributed by atoms with Crippen LogP contribution in [0.25, 0.3) is 0 Å². The monoisotopic (exact) mass is 340 g/mol. The van der Waals surface area contributed by atoms with Crippen molar-refractivity contribution >= 4 is 0 Å². The molecule has 1 aliphatic heterocycles. The molecule has 128 valence electrons. The highest BCUT2D eigenvalue weighted by Gasteiger charge is 2.36. The molecular weight excluding hydrogens is 324 g/mol. The maximum Gasteiger partial charge on any atom is 0.343 e. The first-order valence-electron chi connectivity index (χ1n) is 7.44. The van der Waals surface area contributed by atoms with Gasteiger partial charge in [0.05, 0.1) is 25.7 Å². The summed E-state index contributed by atoms with van der Waals surface area (Å²) in [7, 11) is 3.03. The number of methoxy groups -OCH3 is 2. The molecule has 0 aliphatic carbocycles. The molecule has 0 amide bonds. The summed E-state index contributed by atoms with van der Waals surface area (Å²) in [5, 5.41) is 9.58. The van der Waals surface area contributed by atoms with E-state index >= 15 is 0 Å². The van der Waals surface area contributed by atoms with Crippen molar-refractivity contribution in [1.82, 2.24) is 0 Å². The maximum atomic E-state index is 12.5. The van der Waals surface area contributed by atoms with E-state index in [9.17, 15) is 10.1 Å². The summed E-state index contributed by atoms with van der Waals surface area (Å²) in [6.45, 7) is 1.63. The Hall–Kier alpha value is -3.40. The number of rotatable bonds is 3. The predicted octanol–water partition coefficient (Wildman–Crippen LogP) is 2.18. The van der Waals surface area contributed by atoms with E-state index in [4.69, 9.17) is 24.4 Å². The van der Waals surface area contributed by atoms with Gasteiger partial charge in [-0.2, -0.15) is 5.26 Å². The predicted molar refractivity (Wildman–Crippen MR) is 88.6 cm³/mol. The van der Waals surface area contributed by atoms with Crippen LogP contribution in [0.2, 0.25) is 0 Å². The Morgan fingerprint density at radius 1 is 1.24 bits per heavy atom. The molecular formula is C18H16N2O5. The zero-order chi connectivity index (χ0) is 18.1. The Balaban J connectivity index is 2.35. The van der Waals surface area contributed by atoms with Crippen LogP contribution in [0.5, 0.6) is 17.2 Å². The number of allylic oxidation sites excluding steroid dienone is 1. The first-order chi connectivity index (χ1) is 12.0. The van der Waals surface area contributed by atoms with Crippen molar-refractivity contribution in [2.75, 3.05) is 14.2 Å². The van der Waals surface area contributed by atoms with Gasteiger partial charge in [0, 0.05) is 11.6 Å². The number of nitrogens with two attached hydrogens (primary N) is 1. The second-order valence-corrected chi connectivity index (χ2v) is 5.46. The highest BCUT2D eigenvalue weighted by Crippen LogP contribution is 2.44. The van der Waals surface area contributed by atoms with Gasteiger partial charge in [-0.05, 0) is 25.1 Å². The lowest BCUT2D eigenvalue weighted by molar-refractivity contribution is 0.366. The molecule has 0 spiro atoms. The number of benzene rings is 1. The minimum atomic E-state index is -0.782. The molecule has 7 heteroatoms. The number of nitrogens with zero attached hydrogens (tertiary/aromatic N) is 1. The molecule has 0 saturated carbocycles. The fourth-order valence-corrected chi connectivity index (χ4v) is 2.89. The minimum Gasteiger partial charge on any atom is -0.497 e. The Morgan fingerprint density at radius 2 is 2.00 bits per heavy atom. The lowest BCUT2D eigenvalue weighted by atomic mass is 9.83. The van der Waals surface area contributed by atoms with Gasteiger partial charge in [-0.15, -0.1) is 0 Å². The number of fused-ring (bicyclic) bond motifs is 1. The molecule has 25 heavy (non-hydrogen) atoms. The van der Waals surface area contributed by atoms with Crippen molar-refractivity contribution in [2.45, 2.75) is 12.8 Å². The summed E-state index contributed by atoms with van der Waals surface area (Å²) in [5.74, 6) is 0.842. The summed E-state index contributed by atoms with van der Waals surface area (Å²) in [6, 6.07) is 8.71. The first-order valence-corrected chi connectivity index (χ1v) is 7.44. The molecule has 2 N–H and O–H groups in total. The van der Waals surface area contributed by atoms with E-state index in [1.807, 2.05) is 6.07 Å². The Kier molecular flexibility index (Phi) is 4.11. The van der Waals surface area contributed by atoms with Crippen LogP contribution in [0.15, 0.2) is 44.9 Å². The zero-order valence-corrected chi connectivity index (χ0v) is 14.0. The number of ether oxygens (including phenoxy) is 3. The molecule has 1 atom stereocenters. The number of hydrogen-bond acceptors (Lipinski definition) is 7. The van der Waals surface area contributed by atoms with Crippen LogP contribution in [0, 0.1) is 18.3 Å². The molecule has 1 unspecified atom stereocenters. The normalized spacial score (nSPS) is 15.8. The third-order valence-corrected chi connectivity index (χ3v) is 4.00. The lowest BCUT2D eigenvalue weighted by Crippen LogP contribution is -2.26. The first kappa shape index (κ1) is 16.5. The molecule has 1 aliphatic rings.